The van der Waals surface area contributed by atoms with Gasteiger partial charge in [-0.2, -0.15) is 8.78 Å². The maximum atomic E-state index is 14.6. The van der Waals surface area contributed by atoms with Gasteiger partial charge in [0.25, 0.3) is 0 Å². The second-order valence-electron chi connectivity index (χ2n) is 5.08. The van der Waals surface area contributed by atoms with Gasteiger partial charge in [-0.1, -0.05) is 48.5 Å². The highest BCUT2D eigenvalue weighted by Gasteiger charge is 2.46. The van der Waals surface area contributed by atoms with E-state index < -0.39 is 17.6 Å². The third kappa shape index (κ3) is 2.59. The van der Waals surface area contributed by atoms with E-state index >= 15 is 0 Å². The Bertz CT molecular complexity index is 841. The van der Waals surface area contributed by atoms with Crippen LogP contribution in [0.5, 0.6) is 0 Å². The summed E-state index contributed by atoms with van der Waals surface area (Å²) in [4.78, 5) is 14.4. The maximum absolute atomic E-state index is 14.6. The molecular weight excluding hydrogens is 300 g/mol. The van der Waals surface area contributed by atoms with Crippen molar-refractivity contribution in [2.45, 2.75) is 12.8 Å². The molecule has 0 spiro atoms. The number of esters is 1. The summed E-state index contributed by atoms with van der Waals surface area (Å²) in [6.07, 6.45) is 0. The van der Waals surface area contributed by atoms with Crippen LogP contribution in [0.1, 0.15) is 12.6 Å². The molecule has 0 aliphatic rings. The zero-order valence-corrected chi connectivity index (χ0v) is 12.5. The van der Waals surface area contributed by atoms with Gasteiger partial charge in [-0.25, -0.2) is 4.79 Å². The molecule has 23 heavy (non-hydrogen) atoms. The Labute approximate surface area is 131 Å². The summed E-state index contributed by atoms with van der Waals surface area (Å²) < 4.78 is 33.8. The molecule has 0 radical (unpaired) electrons. The molecular formula is C18H15F2NO2. The molecule has 1 heterocycles. The number of H-pyrrole nitrogens is 1. The second-order valence-corrected chi connectivity index (χ2v) is 5.08. The number of hydrogen-bond donors (Lipinski definition) is 1. The number of aromatic amines is 1. The number of halogens is 2. The van der Waals surface area contributed by atoms with Crippen molar-refractivity contribution in [3.8, 4) is 11.1 Å². The van der Waals surface area contributed by atoms with Gasteiger partial charge in [-0.3, -0.25) is 0 Å². The molecule has 3 nitrogen and oxygen atoms in total. The SMILES string of the molecule is CCOC(=O)C(F)(F)c1[nH]c2ccccc2c1-c1ccccc1. The highest BCUT2D eigenvalue weighted by molar-refractivity contribution is 5.99. The number of ether oxygens (including phenoxy) is 1. The van der Waals surface area contributed by atoms with Crippen LogP contribution in [-0.4, -0.2) is 17.6 Å². The molecule has 0 bridgehead atoms. The first kappa shape index (κ1) is 15.2. The van der Waals surface area contributed by atoms with Crippen molar-refractivity contribution >= 4 is 16.9 Å². The summed E-state index contributed by atoms with van der Waals surface area (Å²) in [5, 5.41) is 0.637. The monoisotopic (exact) mass is 315 g/mol. The highest BCUT2D eigenvalue weighted by atomic mass is 19.3. The predicted octanol–water partition coefficient (Wildman–Crippen LogP) is 4.49. The summed E-state index contributed by atoms with van der Waals surface area (Å²) in [6.45, 7) is 1.40. The van der Waals surface area contributed by atoms with Crippen LogP contribution in [0.15, 0.2) is 54.6 Å². The standard InChI is InChI=1S/C18H15F2NO2/c1-2-23-17(22)18(19,20)16-15(12-8-4-3-5-9-12)13-10-6-7-11-14(13)21-16/h3-11,21H,2H2,1H3. The van der Waals surface area contributed by atoms with Crippen LogP contribution in [0.25, 0.3) is 22.0 Å². The van der Waals surface area contributed by atoms with Crippen molar-refractivity contribution in [1.29, 1.82) is 0 Å². The molecule has 3 rings (SSSR count). The molecule has 0 fully saturated rings. The van der Waals surface area contributed by atoms with E-state index in [-0.39, 0.29) is 6.61 Å². The summed E-state index contributed by atoms with van der Waals surface area (Å²) in [5.41, 5.74) is 1.04. The van der Waals surface area contributed by atoms with E-state index in [1.807, 2.05) is 6.07 Å². The van der Waals surface area contributed by atoms with Crippen LogP contribution < -0.4 is 0 Å². The fourth-order valence-electron chi connectivity index (χ4n) is 2.61. The van der Waals surface area contributed by atoms with Gasteiger partial charge >= 0.3 is 11.9 Å². The molecule has 1 aromatic heterocycles. The fourth-order valence-corrected chi connectivity index (χ4v) is 2.61. The lowest BCUT2D eigenvalue weighted by Crippen LogP contribution is -2.29. The number of rotatable bonds is 4. The van der Waals surface area contributed by atoms with E-state index in [9.17, 15) is 13.6 Å². The first-order valence-electron chi connectivity index (χ1n) is 7.27. The molecule has 0 saturated heterocycles. The maximum Gasteiger partial charge on any atom is 0.383 e. The van der Waals surface area contributed by atoms with Gasteiger partial charge in [0.15, 0.2) is 0 Å². The van der Waals surface area contributed by atoms with Gasteiger partial charge in [0.05, 0.1) is 6.61 Å². The molecule has 5 heteroatoms. The number of carbonyl (C=O) groups excluding carboxylic acids is 1. The number of para-hydroxylation sites is 1. The predicted molar refractivity (Wildman–Crippen MR) is 84.3 cm³/mol. The summed E-state index contributed by atoms with van der Waals surface area (Å²) in [6, 6.07) is 15.8. The minimum atomic E-state index is -3.75. The van der Waals surface area contributed by atoms with Crippen LogP contribution >= 0.6 is 0 Å². The third-order valence-corrected chi connectivity index (χ3v) is 3.61. The number of aromatic nitrogens is 1. The molecule has 0 unspecified atom stereocenters. The minimum absolute atomic E-state index is 0.102. The Morgan fingerprint density at radius 1 is 1.09 bits per heavy atom. The van der Waals surface area contributed by atoms with Crippen LogP contribution in [0.3, 0.4) is 0 Å². The smallest absolute Gasteiger partial charge is 0.383 e. The lowest BCUT2D eigenvalue weighted by Gasteiger charge is -2.15. The number of benzene rings is 2. The average molecular weight is 315 g/mol. The first-order chi connectivity index (χ1) is 11.1. The van der Waals surface area contributed by atoms with E-state index in [2.05, 4.69) is 9.72 Å². The van der Waals surface area contributed by atoms with Crippen LogP contribution in [-0.2, 0) is 15.5 Å². The van der Waals surface area contributed by atoms with Gasteiger partial charge in [-0.05, 0) is 18.6 Å². The minimum Gasteiger partial charge on any atom is -0.461 e. The van der Waals surface area contributed by atoms with Crippen LogP contribution in [0.2, 0.25) is 0 Å². The fraction of sp³-hybridized carbons (Fsp3) is 0.167. The molecule has 0 aliphatic carbocycles. The lowest BCUT2D eigenvalue weighted by atomic mass is 9.99. The number of hydrogen-bond acceptors (Lipinski definition) is 2. The van der Waals surface area contributed by atoms with E-state index in [0.29, 0.717) is 22.0 Å². The molecule has 0 atom stereocenters. The third-order valence-electron chi connectivity index (χ3n) is 3.61. The normalized spacial score (nSPS) is 11.6. The Balaban J connectivity index is 2.27. The van der Waals surface area contributed by atoms with Gasteiger partial charge in [-0.15, -0.1) is 0 Å². The number of alkyl halides is 2. The number of nitrogens with one attached hydrogen (secondary N) is 1. The highest BCUT2D eigenvalue weighted by Crippen LogP contribution is 2.41. The molecule has 1 N–H and O–H groups in total. The first-order valence-corrected chi connectivity index (χ1v) is 7.27. The molecule has 2 aromatic carbocycles. The zero-order valence-electron chi connectivity index (χ0n) is 12.5. The summed E-state index contributed by atoms with van der Waals surface area (Å²) >= 11 is 0. The van der Waals surface area contributed by atoms with Gasteiger partial charge in [0, 0.05) is 16.5 Å². The summed E-state index contributed by atoms with van der Waals surface area (Å²) in [5.74, 6) is -5.30. The zero-order chi connectivity index (χ0) is 16.4. The Morgan fingerprint density at radius 3 is 2.43 bits per heavy atom. The Hall–Kier alpha value is -2.69. The van der Waals surface area contributed by atoms with Crippen molar-refractivity contribution in [2.75, 3.05) is 6.61 Å². The van der Waals surface area contributed by atoms with Gasteiger partial charge < -0.3 is 9.72 Å². The second kappa shape index (κ2) is 5.83. The molecule has 118 valence electrons. The van der Waals surface area contributed by atoms with E-state index in [1.165, 1.54) is 6.92 Å². The number of carbonyl (C=O) groups is 1. The van der Waals surface area contributed by atoms with E-state index in [4.69, 9.17) is 0 Å². The molecule has 0 saturated carbocycles. The van der Waals surface area contributed by atoms with Crippen LogP contribution in [0.4, 0.5) is 8.78 Å². The topological polar surface area (TPSA) is 42.1 Å². The van der Waals surface area contributed by atoms with Crippen molar-refractivity contribution in [1.82, 2.24) is 4.98 Å². The largest absolute Gasteiger partial charge is 0.461 e. The van der Waals surface area contributed by atoms with Crippen molar-refractivity contribution in [3.05, 3.63) is 60.3 Å². The Kier molecular flexibility index (Phi) is 3.86. The number of fused-ring (bicyclic) bond motifs is 1. The average Bonchev–Trinajstić information content (AvgIpc) is 2.96. The molecule has 0 amide bonds. The molecule has 0 aliphatic heterocycles. The quantitative estimate of drug-likeness (QED) is 0.721. The van der Waals surface area contributed by atoms with Crippen molar-refractivity contribution in [3.63, 3.8) is 0 Å². The van der Waals surface area contributed by atoms with Crippen LogP contribution in [0, 0.1) is 0 Å². The lowest BCUT2D eigenvalue weighted by molar-refractivity contribution is -0.173. The summed E-state index contributed by atoms with van der Waals surface area (Å²) in [7, 11) is 0. The van der Waals surface area contributed by atoms with Crippen molar-refractivity contribution in [2.24, 2.45) is 0 Å². The molecule has 3 aromatic rings. The Morgan fingerprint density at radius 2 is 1.74 bits per heavy atom. The van der Waals surface area contributed by atoms with E-state index in [0.717, 1.165) is 0 Å². The van der Waals surface area contributed by atoms with Gasteiger partial charge in [0.2, 0.25) is 0 Å². The van der Waals surface area contributed by atoms with Gasteiger partial charge in [0.1, 0.15) is 5.69 Å². The van der Waals surface area contributed by atoms with E-state index in [1.54, 1.807) is 48.5 Å². The van der Waals surface area contributed by atoms with Crippen molar-refractivity contribution < 1.29 is 18.3 Å².